The average Bonchev–Trinajstić information content (AvgIpc) is 2.17. The molecule has 1 atom stereocenters. The summed E-state index contributed by atoms with van der Waals surface area (Å²) >= 11 is 0. The van der Waals surface area contributed by atoms with E-state index in [1.54, 1.807) is 6.92 Å². The third-order valence-electron chi connectivity index (χ3n) is 2.59. The van der Waals surface area contributed by atoms with Crippen molar-refractivity contribution in [3.05, 3.63) is 35.9 Å². The highest BCUT2D eigenvalue weighted by Gasteiger charge is 2.32. The topological polar surface area (TPSA) is 37.3 Å². The van der Waals surface area contributed by atoms with Crippen LogP contribution >= 0.6 is 0 Å². The summed E-state index contributed by atoms with van der Waals surface area (Å²) in [7, 11) is 0. The Kier molecular flexibility index (Phi) is 2.71. The van der Waals surface area contributed by atoms with E-state index >= 15 is 0 Å². The maximum absolute atomic E-state index is 11.1. The van der Waals surface area contributed by atoms with Gasteiger partial charge in [-0.25, -0.2) is 0 Å². The van der Waals surface area contributed by atoms with Gasteiger partial charge in [0.15, 0.2) is 0 Å². The minimum absolute atomic E-state index is 0.604. The van der Waals surface area contributed by atoms with Gasteiger partial charge in [0, 0.05) is 0 Å². The monoisotopic (exact) mass is 178 g/mol. The van der Waals surface area contributed by atoms with Gasteiger partial charge in [-0.05, 0) is 18.9 Å². The summed E-state index contributed by atoms with van der Waals surface area (Å²) in [6.07, 6.45) is 0.604. The summed E-state index contributed by atoms with van der Waals surface area (Å²) in [6, 6.07) is 9.34. The molecule has 0 unspecified atom stereocenters. The Labute approximate surface area is 78.2 Å². The van der Waals surface area contributed by atoms with Gasteiger partial charge in [-0.15, -0.1) is 0 Å². The Balaban J connectivity index is 3.11. The fourth-order valence-corrected chi connectivity index (χ4v) is 1.28. The number of hydrogen-bond donors (Lipinski definition) is 1. The van der Waals surface area contributed by atoms with Crippen LogP contribution in [0.25, 0.3) is 0 Å². The minimum atomic E-state index is -0.763. The summed E-state index contributed by atoms with van der Waals surface area (Å²) in [6.45, 7) is 3.64. The fourth-order valence-electron chi connectivity index (χ4n) is 1.28. The van der Waals surface area contributed by atoms with Gasteiger partial charge < -0.3 is 5.11 Å². The zero-order valence-corrected chi connectivity index (χ0v) is 7.95. The van der Waals surface area contributed by atoms with E-state index in [9.17, 15) is 4.79 Å². The molecule has 0 saturated carbocycles. The lowest BCUT2D eigenvalue weighted by Crippen LogP contribution is -2.31. The predicted octanol–water partition coefficient (Wildman–Crippen LogP) is 2.44. The van der Waals surface area contributed by atoms with Crippen LogP contribution in [0.1, 0.15) is 25.8 Å². The molecule has 1 aromatic rings. The third-order valence-corrected chi connectivity index (χ3v) is 2.59. The van der Waals surface area contributed by atoms with Crippen molar-refractivity contribution >= 4 is 5.97 Å². The van der Waals surface area contributed by atoms with E-state index in [0.717, 1.165) is 5.56 Å². The highest BCUT2D eigenvalue weighted by atomic mass is 16.4. The summed E-state index contributed by atoms with van der Waals surface area (Å²) in [5.74, 6) is -0.763. The van der Waals surface area contributed by atoms with Crippen LogP contribution in [0, 0.1) is 0 Å². The van der Waals surface area contributed by atoms with Crippen molar-refractivity contribution in [1.29, 1.82) is 0 Å². The van der Waals surface area contributed by atoms with E-state index in [1.807, 2.05) is 37.3 Å². The Morgan fingerprint density at radius 3 is 2.31 bits per heavy atom. The second kappa shape index (κ2) is 3.60. The molecule has 0 spiro atoms. The predicted molar refractivity (Wildman–Crippen MR) is 51.7 cm³/mol. The van der Waals surface area contributed by atoms with Gasteiger partial charge in [0.2, 0.25) is 0 Å². The van der Waals surface area contributed by atoms with Crippen molar-refractivity contribution in [2.75, 3.05) is 0 Å². The highest BCUT2D eigenvalue weighted by molar-refractivity contribution is 5.80. The molecule has 0 aliphatic heterocycles. The van der Waals surface area contributed by atoms with Crippen LogP contribution in [0.4, 0.5) is 0 Å². The maximum atomic E-state index is 11.1. The van der Waals surface area contributed by atoms with Gasteiger partial charge in [0.25, 0.3) is 0 Å². The first-order valence-electron chi connectivity index (χ1n) is 4.40. The smallest absolute Gasteiger partial charge is 0.313 e. The summed E-state index contributed by atoms with van der Waals surface area (Å²) in [5.41, 5.74) is 0.117. The van der Waals surface area contributed by atoms with Gasteiger partial charge in [-0.3, -0.25) is 4.79 Å². The van der Waals surface area contributed by atoms with Crippen molar-refractivity contribution in [2.24, 2.45) is 0 Å². The maximum Gasteiger partial charge on any atom is 0.313 e. The summed E-state index contributed by atoms with van der Waals surface area (Å²) < 4.78 is 0. The van der Waals surface area contributed by atoms with E-state index < -0.39 is 11.4 Å². The Bertz CT molecular complexity index is 292. The highest BCUT2D eigenvalue weighted by Crippen LogP contribution is 2.27. The fraction of sp³-hybridized carbons (Fsp3) is 0.364. The number of carboxylic acid groups (broad SMARTS) is 1. The number of carbonyl (C=O) groups is 1. The summed E-state index contributed by atoms with van der Waals surface area (Å²) in [5, 5.41) is 9.09. The number of rotatable bonds is 3. The van der Waals surface area contributed by atoms with Crippen molar-refractivity contribution in [2.45, 2.75) is 25.7 Å². The van der Waals surface area contributed by atoms with Crippen molar-refractivity contribution in [3.8, 4) is 0 Å². The molecule has 0 heterocycles. The standard InChI is InChI=1S/C11H14O2/c1-3-11(2,10(12)13)9-7-5-4-6-8-9/h4-8H,3H2,1-2H3,(H,12,13)/t11-/m0/s1. The lowest BCUT2D eigenvalue weighted by atomic mass is 9.80. The first-order chi connectivity index (χ1) is 6.11. The molecule has 0 amide bonds. The quantitative estimate of drug-likeness (QED) is 0.771. The zero-order valence-electron chi connectivity index (χ0n) is 7.95. The number of aliphatic carboxylic acids is 1. The van der Waals surface area contributed by atoms with Crippen LogP contribution in [-0.4, -0.2) is 11.1 Å². The molecule has 2 nitrogen and oxygen atoms in total. The SMILES string of the molecule is CC[C@](C)(C(=O)O)c1ccccc1. The number of benzene rings is 1. The zero-order chi connectivity index (χ0) is 9.90. The third kappa shape index (κ3) is 1.72. The van der Waals surface area contributed by atoms with Gasteiger partial charge in [0.1, 0.15) is 0 Å². The summed E-state index contributed by atoms with van der Waals surface area (Å²) in [4.78, 5) is 11.1. The van der Waals surface area contributed by atoms with Crippen molar-refractivity contribution in [3.63, 3.8) is 0 Å². The second-order valence-corrected chi connectivity index (χ2v) is 3.36. The number of hydrogen-bond acceptors (Lipinski definition) is 1. The van der Waals surface area contributed by atoms with E-state index in [2.05, 4.69) is 0 Å². The molecule has 2 heteroatoms. The molecule has 1 N–H and O–H groups in total. The molecule has 0 bridgehead atoms. The van der Waals surface area contributed by atoms with E-state index in [4.69, 9.17) is 5.11 Å². The van der Waals surface area contributed by atoms with E-state index in [-0.39, 0.29) is 0 Å². The average molecular weight is 178 g/mol. The lowest BCUT2D eigenvalue weighted by molar-refractivity contribution is -0.143. The first-order valence-corrected chi connectivity index (χ1v) is 4.40. The molecule has 0 fully saturated rings. The van der Waals surface area contributed by atoms with Gasteiger partial charge in [0.05, 0.1) is 5.41 Å². The second-order valence-electron chi connectivity index (χ2n) is 3.36. The van der Waals surface area contributed by atoms with Gasteiger partial charge in [-0.1, -0.05) is 37.3 Å². The van der Waals surface area contributed by atoms with E-state index in [1.165, 1.54) is 0 Å². The van der Waals surface area contributed by atoms with E-state index in [0.29, 0.717) is 6.42 Å². The molecule has 1 rings (SSSR count). The Morgan fingerprint density at radius 1 is 1.38 bits per heavy atom. The van der Waals surface area contributed by atoms with Crippen molar-refractivity contribution in [1.82, 2.24) is 0 Å². The lowest BCUT2D eigenvalue weighted by Gasteiger charge is -2.23. The number of carboxylic acids is 1. The van der Waals surface area contributed by atoms with Crippen LogP contribution < -0.4 is 0 Å². The Morgan fingerprint density at radius 2 is 1.92 bits per heavy atom. The largest absolute Gasteiger partial charge is 0.481 e. The molecule has 0 aliphatic rings. The minimum Gasteiger partial charge on any atom is -0.481 e. The molecular formula is C11H14O2. The normalized spacial score (nSPS) is 14.9. The molecule has 13 heavy (non-hydrogen) atoms. The molecule has 0 aromatic heterocycles. The van der Waals surface area contributed by atoms with Crippen LogP contribution in [0.5, 0.6) is 0 Å². The van der Waals surface area contributed by atoms with Crippen LogP contribution in [0.15, 0.2) is 30.3 Å². The molecule has 0 aliphatic carbocycles. The molecular weight excluding hydrogens is 164 g/mol. The van der Waals surface area contributed by atoms with Gasteiger partial charge >= 0.3 is 5.97 Å². The van der Waals surface area contributed by atoms with Crippen LogP contribution in [0.3, 0.4) is 0 Å². The first kappa shape index (κ1) is 9.78. The van der Waals surface area contributed by atoms with Gasteiger partial charge in [-0.2, -0.15) is 0 Å². The van der Waals surface area contributed by atoms with Crippen LogP contribution in [-0.2, 0) is 10.2 Å². The Hall–Kier alpha value is -1.31. The van der Waals surface area contributed by atoms with Crippen LogP contribution in [0.2, 0.25) is 0 Å². The molecule has 70 valence electrons. The molecule has 0 radical (unpaired) electrons. The van der Waals surface area contributed by atoms with Crippen molar-refractivity contribution < 1.29 is 9.90 Å². The molecule has 1 aromatic carbocycles. The molecule has 0 saturated heterocycles.